The van der Waals surface area contributed by atoms with Gasteiger partial charge in [-0.05, 0) is 31.9 Å². The molecule has 0 bridgehead atoms. The van der Waals surface area contributed by atoms with Gasteiger partial charge in [0.25, 0.3) is 0 Å². The molecule has 18 heavy (non-hydrogen) atoms. The molecule has 1 amide bonds. The average Bonchev–Trinajstić information content (AvgIpc) is 2.30. The highest BCUT2D eigenvalue weighted by Gasteiger charge is 2.12. The first-order chi connectivity index (χ1) is 8.54. The molecule has 0 aliphatic heterocycles. The monoisotopic (exact) mass is 247 g/mol. The van der Waals surface area contributed by atoms with E-state index in [2.05, 4.69) is 0 Å². The first kappa shape index (κ1) is 14.5. The smallest absolute Gasteiger partial charge is 0.246 e. The standard InChI is InChI=1S/C15H21NO2/c1-12(2)10-15(18)16(8-9-17)11-14-7-5-4-6-13(14)3/h4-7,10,17H,8-9,11H2,1-3H3. The minimum atomic E-state index is -0.0488. The van der Waals surface area contributed by atoms with E-state index in [-0.39, 0.29) is 12.5 Å². The molecule has 0 radical (unpaired) electrons. The molecule has 0 aliphatic rings. The number of allylic oxidation sites excluding steroid dienone is 1. The highest BCUT2D eigenvalue weighted by atomic mass is 16.3. The van der Waals surface area contributed by atoms with Crippen molar-refractivity contribution in [3.8, 4) is 0 Å². The highest BCUT2D eigenvalue weighted by Crippen LogP contribution is 2.11. The van der Waals surface area contributed by atoms with Crippen molar-refractivity contribution >= 4 is 5.91 Å². The lowest BCUT2D eigenvalue weighted by Gasteiger charge is -2.21. The number of carbonyl (C=O) groups is 1. The molecule has 0 aromatic heterocycles. The quantitative estimate of drug-likeness (QED) is 0.811. The summed E-state index contributed by atoms with van der Waals surface area (Å²) < 4.78 is 0. The van der Waals surface area contributed by atoms with Gasteiger partial charge in [-0.15, -0.1) is 0 Å². The number of nitrogens with zero attached hydrogens (tertiary/aromatic N) is 1. The lowest BCUT2D eigenvalue weighted by molar-refractivity contribution is -0.127. The van der Waals surface area contributed by atoms with Crippen molar-refractivity contribution in [2.75, 3.05) is 13.2 Å². The van der Waals surface area contributed by atoms with Gasteiger partial charge in [0.05, 0.1) is 6.61 Å². The van der Waals surface area contributed by atoms with Gasteiger partial charge < -0.3 is 10.0 Å². The third kappa shape index (κ3) is 4.34. The summed E-state index contributed by atoms with van der Waals surface area (Å²) in [6.45, 7) is 6.68. The SMILES string of the molecule is CC(C)=CC(=O)N(CCO)Cc1ccccc1C. The van der Waals surface area contributed by atoms with Crippen LogP contribution in [0.25, 0.3) is 0 Å². The predicted molar refractivity (Wildman–Crippen MR) is 73.1 cm³/mol. The molecule has 0 aliphatic carbocycles. The molecule has 0 atom stereocenters. The number of carbonyl (C=O) groups excluding carboxylic acids is 1. The molecule has 0 saturated heterocycles. The number of aryl methyl sites for hydroxylation is 1. The van der Waals surface area contributed by atoms with Crippen molar-refractivity contribution in [2.45, 2.75) is 27.3 Å². The van der Waals surface area contributed by atoms with Crippen LogP contribution in [0.5, 0.6) is 0 Å². The van der Waals surface area contributed by atoms with E-state index in [0.29, 0.717) is 13.1 Å². The second-order valence-corrected chi connectivity index (χ2v) is 4.63. The molecule has 1 rings (SSSR count). The van der Waals surface area contributed by atoms with Gasteiger partial charge >= 0.3 is 0 Å². The Labute approximate surface area is 109 Å². The van der Waals surface area contributed by atoms with Crippen molar-refractivity contribution in [2.24, 2.45) is 0 Å². The molecule has 0 heterocycles. The van der Waals surface area contributed by atoms with Crippen LogP contribution in [0, 0.1) is 6.92 Å². The Bertz CT molecular complexity index is 434. The summed E-state index contributed by atoms with van der Waals surface area (Å²) in [7, 11) is 0. The molecular weight excluding hydrogens is 226 g/mol. The van der Waals surface area contributed by atoms with Gasteiger partial charge in [-0.2, -0.15) is 0 Å². The van der Waals surface area contributed by atoms with Crippen LogP contribution in [0.3, 0.4) is 0 Å². The maximum Gasteiger partial charge on any atom is 0.246 e. The second kappa shape index (κ2) is 6.97. The first-order valence-electron chi connectivity index (χ1n) is 6.13. The molecule has 1 aromatic rings. The van der Waals surface area contributed by atoms with Crippen LogP contribution >= 0.6 is 0 Å². The van der Waals surface area contributed by atoms with Gasteiger partial charge in [-0.1, -0.05) is 29.8 Å². The number of hydrogen-bond acceptors (Lipinski definition) is 2. The second-order valence-electron chi connectivity index (χ2n) is 4.63. The van der Waals surface area contributed by atoms with E-state index in [1.807, 2.05) is 45.0 Å². The number of rotatable bonds is 5. The number of hydrogen-bond donors (Lipinski definition) is 1. The number of aliphatic hydroxyl groups excluding tert-OH is 1. The van der Waals surface area contributed by atoms with Crippen LogP contribution < -0.4 is 0 Å². The number of benzene rings is 1. The van der Waals surface area contributed by atoms with E-state index in [9.17, 15) is 4.79 Å². The molecule has 0 unspecified atom stereocenters. The molecular formula is C15H21NO2. The Morgan fingerprint density at radius 2 is 2.00 bits per heavy atom. The van der Waals surface area contributed by atoms with Gasteiger partial charge in [0.2, 0.25) is 5.91 Å². The Hall–Kier alpha value is -1.61. The van der Waals surface area contributed by atoms with E-state index in [1.165, 1.54) is 0 Å². The Morgan fingerprint density at radius 1 is 1.33 bits per heavy atom. The zero-order valence-electron chi connectivity index (χ0n) is 11.3. The van der Waals surface area contributed by atoms with E-state index in [0.717, 1.165) is 16.7 Å². The van der Waals surface area contributed by atoms with Crippen LogP contribution in [0.2, 0.25) is 0 Å². The van der Waals surface area contributed by atoms with Crippen molar-refractivity contribution < 1.29 is 9.90 Å². The summed E-state index contributed by atoms with van der Waals surface area (Å²) in [5.41, 5.74) is 3.24. The number of aliphatic hydroxyl groups is 1. The van der Waals surface area contributed by atoms with E-state index in [4.69, 9.17) is 5.11 Å². The Kier molecular flexibility index (Phi) is 5.59. The van der Waals surface area contributed by atoms with Gasteiger partial charge in [0.1, 0.15) is 0 Å². The maximum absolute atomic E-state index is 12.0. The van der Waals surface area contributed by atoms with Crippen LogP contribution in [0.1, 0.15) is 25.0 Å². The van der Waals surface area contributed by atoms with Gasteiger partial charge in [-0.25, -0.2) is 0 Å². The normalized spacial score (nSPS) is 10.0. The first-order valence-corrected chi connectivity index (χ1v) is 6.13. The van der Waals surface area contributed by atoms with Crippen molar-refractivity contribution in [3.63, 3.8) is 0 Å². The van der Waals surface area contributed by atoms with Gasteiger partial charge in [-0.3, -0.25) is 4.79 Å². The summed E-state index contributed by atoms with van der Waals surface area (Å²) in [6.07, 6.45) is 1.61. The van der Waals surface area contributed by atoms with Crippen LogP contribution in [-0.4, -0.2) is 29.1 Å². The van der Waals surface area contributed by atoms with Crippen LogP contribution in [0.4, 0.5) is 0 Å². The largest absolute Gasteiger partial charge is 0.395 e. The summed E-state index contributed by atoms with van der Waals surface area (Å²) in [5.74, 6) is -0.0488. The van der Waals surface area contributed by atoms with Crippen LogP contribution in [-0.2, 0) is 11.3 Å². The molecule has 0 fully saturated rings. The molecule has 98 valence electrons. The fourth-order valence-electron chi connectivity index (χ4n) is 1.72. The van der Waals surface area contributed by atoms with Gasteiger partial charge in [0, 0.05) is 19.2 Å². The van der Waals surface area contributed by atoms with E-state index < -0.39 is 0 Å². The van der Waals surface area contributed by atoms with Gasteiger partial charge in [0.15, 0.2) is 0 Å². The summed E-state index contributed by atoms with van der Waals surface area (Å²) in [5, 5.41) is 9.05. The summed E-state index contributed by atoms with van der Waals surface area (Å²) in [6, 6.07) is 7.98. The van der Waals surface area contributed by atoms with Crippen LogP contribution in [0.15, 0.2) is 35.9 Å². The summed E-state index contributed by atoms with van der Waals surface area (Å²) >= 11 is 0. The lowest BCUT2D eigenvalue weighted by Crippen LogP contribution is -2.32. The topological polar surface area (TPSA) is 40.5 Å². The third-order valence-corrected chi connectivity index (χ3v) is 2.72. The fraction of sp³-hybridized carbons (Fsp3) is 0.400. The maximum atomic E-state index is 12.0. The van der Waals surface area contributed by atoms with E-state index in [1.54, 1.807) is 11.0 Å². The highest BCUT2D eigenvalue weighted by molar-refractivity contribution is 5.88. The van der Waals surface area contributed by atoms with Crippen molar-refractivity contribution in [1.29, 1.82) is 0 Å². The summed E-state index contributed by atoms with van der Waals surface area (Å²) in [4.78, 5) is 13.7. The minimum absolute atomic E-state index is 0.0196. The predicted octanol–water partition coefficient (Wildman–Crippen LogP) is 2.28. The fourth-order valence-corrected chi connectivity index (χ4v) is 1.72. The third-order valence-electron chi connectivity index (χ3n) is 2.72. The zero-order valence-corrected chi connectivity index (χ0v) is 11.3. The molecule has 0 spiro atoms. The average molecular weight is 247 g/mol. The molecule has 3 heteroatoms. The lowest BCUT2D eigenvalue weighted by atomic mass is 10.1. The molecule has 0 saturated carbocycles. The van der Waals surface area contributed by atoms with Crippen molar-refractivity contribution in [1.82, 2.24) is 4.90 Å². The Balaban J connectivity index is 2.84. The molecule has 3 nitrogen and oxygen atoms in total. The van der Waals surface area contributed by atoms with Crippen molar-refractivity contribution in [3.05, 3.63) is 47.0 Å². The minimum Gasteiger partial charge on any atom is -0.395 e. The van der Waals surface area contributed by atoms with E-state index >= 15 is 0 Å². The molecule has 1 N–H and O–H groups in total. The Morgan fingerprint density at radius 3 is 2.56 bits per heavy atom. The molecule has 1 aromatic carbocycles. The zero-order chi connectivity index (χ0) is 13.5. The number of amides is 1.